The number of anilines is 1. The zero-order valence-electron chi connectivity index (χ0n) is 16.5. The van der Waals surface area contributed by atoms with Crippen LogP contribution in [-0.4, -0.2) is 38.2 Å². The molecule has 1 saturated carbocycles. The van der Waals surface area contributed by atoms with Gasteiger partial charge in [0.25, 0.3) is 11.5 Å². The molecule has 0 spiro atoms. The number of esters is 1. The summed E-state index contributed by atoms with van der Waals surface area (Å²) in [7, 11) is 0. The summed E-state index contributed by atoms with van der Waals surface area (Å²) in [5.74, 6) is 0.0621. The van der Waals surface area contributed by atoms with Crippen LogP contribution in [0.3, 0.4) is 0 Å². The fraction of sp³-hybridized carbons (Fsp3) is 0.381. The van der Waals surface area contributed by atoms with Crippen molar-refractivity contribution in [2.24, 2.45) is 0 Å². The number of aromatic nitrogens is 4. The molecule has 4 rings (SSSR count). The Morgan fingerprint density at radius 3 is 2.83 bits per heavy atom. The Bertz CT molecular complexity index is 1110. The molecule has 2 heterocycles. The van der Waals surface area contributed by atoms with Gasteiger partial charge in [-0.2, -0.15) is 5.10 Å². The van der Waals surface area contributed by atoms with Gasteiger partial charge in [0.1, 0.15) is 11.6 Å². The zero-order valence-corrected chi connectivity index (χ0v) is 16.5. The molecule has 9 heteroatoms. The van der Waals surface area contributed by atoms with E-state index in [1.54, 1.807) is 36.5 Å². The zero-order chi connectivity index (χ0) is 20.9. The van der Waals surface area contributed by atoms with Crippen LogP contribution in [0.25, 0.3) is 10.9 Å². The lowest BCUT2D eigenvalue weighted by Gasteiger charge is -2.14. The van der Waals surface area contributed by atoms with Crippen molar-refractivity contribution in [1.29, 1.82) is 0 Å². The second-order valence-corrected chi connectivity index (χ2v) is 7.34. The number of carbonyl (C=O) groups excluding carboxylic acids is 2. The summed E-state index contributed by atoms with van der Waals surface area (Å²) < 4.78 is 6.88. The first-order valence-electron chi connectivity index (χ1n) is 10.1. The first kappa shape index (κ1) is 19.8. The highest BCUT2D eigenvalue weighted by molar-refractivity contribution is 5.92. The van der Waals surface area contributed by atoms with Crippen LogP contribution in [0.5, 0.6) is 0 Å². The highest BCUT2D eigenvalue weighted by Crippen LogP contribution is 2.31. The molecule has 156 valence electrons. The van der Waals surface area contributed by atoms with Crippen LogP contribution in [0.1, 0.15) is 44.0 Å². The summed E-state index contributed by atoms with van der Waals surface area (Å²) >= 11 is 0. The van der Waals surface area contributed by atoms with Crippen molar-refractivity contribution >= 4 is 28.6 Å². The van der Waals surface area contributed by atoms with Gasteiger partial charge in [-0.1, -0.05) is 25.0 Å². The Hall–Kier alpha value is -3.49. The van der Waals surface area contributed by atoms with Gasteiger partial charge >= 0.3 is 5.97 Å². The molecule has 1 aliphatic carbocycles. The van der Waals surface area contributed by atoms with Gasteiger partial charge in [-0.15, -0.1) is 0 Å². The summed E-state index contributed by atoms with van der Waals surface area (Å²) in [5, 5.41) is 7.54. The number of aromatic amines is 1. The molecule has 9 nitrogen and oxygen atoms in total. The lowest BCUT2D eigenvalue weighted by Crippen LogP contribution is -2.23. The molecule has 3 aromatic rings. The number of amides is 1. The smallest absolute Gasteiger partial charge is 0.306 e. The lowest BCUT2D eigenvalue weighted by molar-refractivity contribution is -0.147. The molecule has 2 N–H and O–H groups in total. The Morgan fingerprint density at radius 1 is 1.20 bits per heavy atom. The summed E-state index contributed by atoms with van der Waals surface area (Å²) in [6.45, 7) is -0.379. The summed E-state index contributed by atoms with van der Waals surface area (Å²) in [4.78, 5) is 43.2. The van der Waals surface area contributed by atoms with Gasteiger partial charge in [0.05, 0.1) is 29.6 Å². The minimum Gasteiger partial charge on any atom is -0.456 e. The van der Waals surface area contributed by atoms with E-state index in [2.05, 4.69) is 20.4 Å². The van der Waals surface area contributed by atoms with E-state index in [-0.39, 0.29) is 25.0 Å². The molecule has 0 saturated heterocycles. The molecule has 0 bridgehead atoms. The number of fused-ring (bicyclic) bond motifs is 1. The summed E-state index contributed by atoms with van der Waals surface area (Å²) in [6, 6.07) is 9.03. The second-order valence-electron chi connectivity index (χ2n) is 7.34. The number of hydrogen-bond acceptors (Lipinski definition) is 6. The minimum atomic E-state index is -0.537. The number of rotatable bonds is 7. The number of H-pyrrole nitrogens is 1. The highest BCUT2D eigenvalue weighted by Gasteiger charge is 2.20. The molecule has 2 aromatic heterocycles. The van der Waals surface area contributed by atoms with Gasteiger partial charge in [-0.25, -0.2) is 9.67 Å². The van der Waals surface area contributed by atoms with E-state index in [0.29, 0.717) is 28.6 Å². The van der Waals surface area contributed by atoms with E-state index in [0.717, 1.165) is 25.7 Å². The molecular formula is C21H23N5O4. The first-order chi connectivity index (χ1) is 14.6. The normalized spacial score (nSPS) is 14.1. The maximum atomic E-state index is 12.2. The van der Waals surface area contributed by atoms with Gasteiger partial charge in [0, 0.05) is 12.5 Å². The predicted octanol–water partition coefficient (Wildman–Crippen LogP) is 2.35. The first-order valence-corrected chi connectivity index (χ1v) is 10.1. The van der Waals surface area contributed by atoms with Crippen LogP contribution >= 0.6 is 0 Å². The number of nitrogens with zero attached hydrogens (tertiary/aromatic N) is 3. The van der Waals surface area contributed by atoms with Crippen LogP contribution in [0.2, 0.25) is 0 Å². The average Bonchev–Trinajstić information content (AvgIpc) is 3.42. The highest BCUT2D eigenvalue weighted by atomic mass is 16.5. The van der Waals surface area contributed by atoms with Crippen molar-refractivity contribution in [3.05, 3.63) is 52.7 Å². The third-order valence-electron chi connectivity index (χ3n) is 5.20. The number of aryl methyl sites for hydroxylation is 1. The standard InChI is InChI=1S/C21H23N5O4/c27-19(25-18-11-12-22-26(18)14-5-1-2-6-14)13-30-20(28)10-9-17-23-16-8-4-3-7-15(16)21(29)24-17/h3-4,7-8,11-12,14H,1-2,5-6,9-10,13H2,(H,25,27)(H,23,24,29). The number of para-hydroxylation sites is 1. The maximum Gasteiger partial charge on any atom is 0.306 e. The molecule has 0 aliphatic heterocycles. The van der Waals surface area contributed by atoms with Gasteiger partial charge in [0.2, 0.25) is 0 Å². The number of nitrogens with one attached hydrogen (secondary N) is 2. The summed E-state index contributed by atoms with van der Waals surface area (Å²) in [5.41, 5.74) is 0.324. The molecular weight excluding hydrogens is 386 g/mol. The van der Waals surface area contributed by atoms with E-state index >= 15 is 0 Å². The molecule has 1 fully saturated rings. The topological polar surface area (TPSA) is 119 Å². The molecule has 0 unspecified atom stereocenters. The largest absolute Gasteiger partial charge is 0.456 e. The Morgan fingerprint density at radius 2 is 2.00 bits per heavy atom. The number of ether oxygens (including phenoxy) is 1. The van der Waals surface area contributed by atoms with Crippen molar-refractivity contribution in [2.45, 2.75) is 44.6 Å². The van der Waals surface area contributed by atoms with Gasteiger partial charge in [0.15, 0.2) is 6.61 Å². The average molecular weight is 409 g/mol. The van der Waals surface area contributed by atoms with E-state index in [1.807, 2.05) is 4.68 Å². The Labute approximate surface area is 172 Å². The number of hydrogen-bond donors (Lipinski definition) is 2. The van der Waals surface area contributed by atoms with Gasteiger partial charge in [-0.3, -0.25) is 14.4 Å². The molecule has 1 amide bonds. The fourth-order valence-electron chi connectivity index (χ4n) is 3.72. The van der Waals surface area contributed by atoms with E-state index in [4.69, 9.17) is 4.74 Å². The van der Waals surface area contributed by atoms with Crippen LogP contribution in [0.4, 0.5) is 5.82 Å². The predicted molar refractivity (Wildman–Crippen MR) is 110 cm³/mol. The van der Waals surface area contributed by atoms with Crippen molar-refractivity contribution in [2.75, 3.05) is 11.9 Å². The van der Waals surface area contributed by atoms with Crippen molar-refractivity contribution < 1.29 is 14.3 Å². The third kappa shape index (κ3) is 4.56. The van der Waals surface area contributed by atoms with Crippen LogP contribution in [0.15, 0.2) is 41.3 Å². The lowest BCUT2D eigenvalue weighted by atomic mass is 10.2. The molecule has 0 radical (unpaired) electrons. The Balaban J connectivity index is 1.27. The molecule has 0 atom stereocenters. The summed E-state index contributed by atoms with van der Waals surface area (Å²) in [6.07, 6.45) is 6.29. The monoisotopic (exact) mass is 409 g/mol. The van der Waals surface area contributed by atoms with Gasteiger partial charge in [-0.05, 0) is 25.0 Å². The van der Waals surface area contributed by atoms with E-state index < -0.39 is 11.9 Å². The van der Waals surface area contributed by atoms with E-state index in [9.17, 15) is 14.4 Å². The second kappa shape index (κ2) is 8.89. The minimum absolute atomic E-state index is 0.00850. The quantitative estimate of drug-likeness (QED) is 0.578. The van der Waals surface area contributed by atoms with Crippen molar-refractivity contribution in [3.63, 3.8) is 0 Å². The molecule has 1 aromatic carbocycles. The van der Waals surface area contributed by atoms with Crippen molar-refractivity contribution in [3.8, 4) is 0 Å². The van der Waals surface area contributed by atoms with Crippen molar-refractivity contribution in [1.82, 2.24) is 19.7 Å². The SMILES string of the molecule is O=C(COC(=O)CCc1nc2ccccc2c(=O)[nH]1)Nc1ccnn1C1CCCC1. The van der Waals surface area contributed by atoms with Crippen LogP contribution in [0, 0.1) is 0 Å². The van der Waals surface area contributed by atoms with Crippen LogP contribution in [-0.2, 0) is 20.7 Å². The number of benzene rings is 1. The molecule has 1 aliphatic rings. The van der Waals surface area contributed by atoms with Gasteiger partial charge < -0.3 is 15.0 Å². The Kier molecular flexibility index (Phi) is 5.87. The third-order valence-corrected chi connectivity index (χ3v) is 5.20. The van der Waals surface area contributed by atoms with E-state index in [1.165, 1.54) is 0 Å². The van der Waals surface area contributed by atoms with Crippen LogP contribution < -0.4 is 10.9 Å². The molecule has 30 heavy (non-hydrogen) atoms. The maximum absolute atomic E-state index is 12.2. The fourth-order valence-corrected chi connectivity index (χ4v) is 3.72. The number of carbonyl (C=O) groups is 2.